The molecular formula is C32H33N5O. The van der Waals surface area contributed by atoms with Crippen molar-refractivity contribution in [3.8, 4) is 11.1 Å². The van der Waals surface area contributed by atoms with Gasteiger partial charge in [0.25, 0.3) is 5.91 Å². The Hall–Kier alpha value is -4.06. The molecule has 1 aliphatic carbocycles. The second kappa shape index (κ2) is 9.05. The van der Waals surface area contributed by atoms with E-state index < -0.39 is 0 Å². The van der Waals surface area contributed by atoms with Gasteiger partial charge >= 0.3 is 0 Å². The molecule has 38 heavy (non-hydrogen) atoms. The fourth-order valence-corrected chi connectivity index (χ4v) is 6.50. The molecule has 1 unspecified atom stereocenters. The van der Waals surface area contributed by atoms with Crippen LogP contribution in [0.3, 0.4) is 0 Å². The lowest BCUT2D eigenvalue weighted by Gasteiger charge is -2.34. The van der Waals surface area contributed by atoms with Crippen molar-refractivity contribution in [1.82, 2.24) is 20.0 Å². The summed E-state index contributed by atoms with van der Waals surface area (Å²) in [7, 11) is 1.88. The van der Waals surface area contributed by atoms with Gasteiger partial charge in [-0.2, -0.15) is 0 Å². The van der Waals surface area contributed by atoms with E-state index in [-0.39, 0.29) is 17.6 Å². The van der Waals surface area contributed by atoms with Crippen LogP contribution in [0.2, 0.25) is 0 Å². The molecule has 6 heteroatoms. The number of aliphatic imine (C=N–C) groups is 1. The van der Waals surface area contributed by atoms with Crippen LogP contribution in [0, 0.1) is 0 Å². The summed E-state index contributed by atoms with van der Waals surface area (Å²) in [6.07, 6.45) is 5.38. The Morgan fingerprint density at radius 3 is 2.24 bits per heavy atom. The van der Waals surface area contributed by atoms with Crippen LogP contribution in [0.15, 0.2) is 101 Å². The summed E-state index contributed by atoms with van der Waals surface area (Å²) in [5.74, 6) is 1.75. The van der Waals surface area contributed by atoms with Gasteiger partial charge in [0.05, 0.1) is 12.1 Å². The minimum Gasteiger partial charge on any atom is -0.349 e. The highest BCUT2D eigenvalue weighted by Gasteiger charge is 2.51. The van der Waals surface area contributed by atoms with Crippen molar-refractivity contribution in [3.63, 3.8) is 0 Å². The first-order valence-electron chi connectivity index (χ1n) is 13.7. The number of carbonyl (C=O) groups is 1. The van der Waals surface area contributed by atoms with Gasteiger partial charge in [-0.05, 0) is 35.1 Å². The molecule has 1 N–H and O–H groups in total. The van der Waals surface area contributed by atoms with Crippen LogP contribution in [-0.4, -0.2) is 51.9 Å². The number of benzene rings is 3. The van der Waals surface area contributed by atoms with Gasteiger partial charge in [0, 0.05) is 20.0 Å². The zero-order valence-corrected chi connectivity index (χ0v) is 21.8. The smallest absolute Gasteiger partial charge is 0.280 e. The highest BCUT2D eigenvalue weighted by molar-refractivity contribution is 6.09. The zero-order chi connectivity index (χ0) is 25.7. The van der Waals surface area contributed by atoms with E-state index in [9.17, 15) is 4.79 Å². The predicted octanol–water partition coefficient (Wildman–Crippen LogP) is 4.95. The standard InChI is InChI=1S/C32H33N5O/c1-35-30(38)28-29(37-22-32(34-31(35)37)18-8-9-19-32)33-27(36(28)21-24-10-4-2-5-11-24)20-23-14-16-26(17-15-23)25-12-6-3-7-13-25/h2-7,10-17,27,33H,8-9,18-22H2,1H3. The summed E-state index contributed by atoms with van der Waals surface area (Å²) in [6, 6.07) is 29.7. The van der Waals surface area contributed by atoms with Crippen LogP contribution in [0.4, 0.5) is 0 Å². The third-order valence-electron chi connectivity index (χ3n) is 8.52. The largest absolute Gasteiger partial charge is 0.349 e. The molecule has 4 aliphatic rings. The van der Waals surface area contributed by atoms with Crippen molar-refractivity contribution in [2.24, 2.45) is 4.99 Å². The van der Waals surface area contributed by atoms with Crippen LogP contribution in [-0.2, 0) is 17.8 Å². The number of carbonyl (C=O) groups excluding carboxylic acids is 1. The Kier molecular flexibility index (Phi) is 5.50. The molecule has 3 aliphatic heterocycles. The van der Waals surface area contributed by atoms with E-state index in [1.165, 1.54) is 35.1 Å². The average molecular weight is 504 g/mol. The summed E-state index contributed by atoms with van der Waals surface area (Å²) in [4.78, 5) is 25.3. The number of hydrogen-bond donors (Lipinski definition) is 1. The first-order chi connectivity index (χ1) is 18.6. The van der Waals surface area contributed by atoms with Crippen LogP contribution in [0.25, 0.3) is 11.1 Å². The van der Waals surface area contributed by atoms with Gasteiger partial charge < -0.3 is 10.2 Å². The van der Waals surface area contributed by atoms with Gasteiger partial charge in [0.1, 0.15) is 17.7 Å². The van der Waals surface area contributed by atoms with Crippen molar-refractivity contribution in [2.75, 3.05) is 13.6 Å². The normalized spacial score (nSPS) is 21.6. The molecule has 1 amide bonds. The van der Waals surface area contributed by atoms with Gasteiger partial charge in [-0.15, -0.1) is 0 Å². The maximum absolute atomic E-state index is 13.8. The molecule has 3 aromatic rings. The predicted molar refractivity (Wildman–Crippen MR) is 150 cm³/mol. The molecule has 7 rings (SSSR count). The van der Waals surface area contributed by atoms with Crippen molar-refractivity contribution in [2.45, 2.75) is 50.4 Å². The van der Waals surface area contributed by atoms with Gasteiger partial charge in [-0.1, -0.05) is 97.8 Å². The highest BCUT2D eigenvalue weighted by Crippen LogP contribution is 2.42. The quantitative estimate of drug-likeness (QED) is 0.535. The lowest BCUT2D eigenvalue weighted by molar-refractivity contribution is -0.125. The summed E-state index contributed by atoms with van der Waals surface area (Å²) in [5.41, 5.74) is 5.57. The van der Waals surface area contributed by atoms with Crippen molar-refractivity contribution >= 4 is 11.9 Å². The summed E-state index contributed by atoms with van der Waals surface area (Å²) < 4.78 is 0. The SMILES string of the molecule is CN1C(=O)C2=C(NC(Cc3ccc(-c4ccccc4)cc3)N2Cc2ccccc2)N2CC3(CCCC3)N=C12. The molecule has 6 nitrogen and oxygen atoms in total. The van der Waals surface area contributed by atoms with Gasteiger partial charge in [-0.25, -0.2) is 4.99 Å². The summed E-state index contributed by atoms with van der Waals surface area (Å²) in [6.45, 7) is 1.52. The molecule has 1 spiro atoms. The molecular weight excluding hydrogens is 470 g/mol. The second-order valence-corrected chi connectivity index (χ2v) is 11.0. The monoisotopic (exact) mass is 503 g/mol. The molecule has 1 saturated carbocycles. The number of nitrogens with zero attached hydrogens (tertiary/aromatic N) is 4. The van der Waals surface area contributed by atoms with Gasteiger partial charge in [-0.3, -0.25) is 14.6 Å². The van der Waals surface area contributed by atoms with Crippen LogP contribution < -0.4 is 5.32 Å². The first kappa shape index (κ1) is 23.1. The third kappa shape index (κ3) is 3.87. The number of amides is 1. The van der Waals surface area contributed by atoms with E-state index in [0.717, 1.165) is 43.3 Å². The van der Waals surface area contributed by atoms with Crippen LogP contribution in [0.5, 0.6) is 0 Å². The number of rotatable bonds is 5. The number of hydrogen-bond acceptors (Lipinski definition) is 5. The molecule has 0 saturated heterocycles. The Morgan fingerprint density at radius 2 is 1.53 bits per heavy atom. The fraction of sp³-hybridized carbons (Fsp3) is 0.312. The molecule has 1 fully saturated rings. The van der Waals surface area contributed by atoms with E-state index in [1.54, 1.807) is 4.90 Å². The van der Waals surface area contributed by atoms with Crippen LogP contribution >= 0.6 is 0 Å². The topological polar surface area (TPSA) is 51.2 Å². The number of guanidine groups is 1. The number of fused-ring (bicyclic) bond motifs is 2. The van der Waals surface area contributed by atoms with E-state index in [0.29, 0.717) is 6.54 Å². The van der Waals surface area contributed by atoms with Crippen LogP contribution in [0.1, 0.15) is 36.8 Å². The van der Waals surface area contributed by atoms with E-state index in [1.807, 2.05) is 19.2 Å². The fourth-order valence-electron chi connectivity index (χ4n) is 6.50. The molecule has 192 valence electrons. The number of nitrogens with one attached hydrogen (secondary N) is 1. The highest BCUT2D eigenvalue weighted by atomic mass is 16.2. The average Bonchev–Trinajstić information content (AvgIpc) is 3.67. The molecule has 3 heterocycles. The Labute approximate surface area is 224 Å². The van der Waals surface area contributed by atoms with Crippen molar-refractivity contribution in [3.05, 3.63) is 108 Å². The van der Waals surface area contributed by atoms with Gasteiger partial charge in [0.15, 0.2) is 0 Å². The second-order valence-electron chi connectivity index (χ2n) is 11.0. The number of likely N-dealkylation sites (N-methyl/N-ethyl adjacent to an activating group) is 1. The Morgan fingerprint density at radius 1 is 0.868 bits per heavy atom. The van der Waals surface area contributed by atoms with E-state index in [4.69, 9.17) is 4.99 Å². The van der Waals surface area contributed by atoms with Gasteiger partial charge in [0.2, 0.25) is 5.96 Å². The minimum atomic E-state index is -0.0520. The summed E-state index contributed by atoms with van der Waals surface area (Å²) in [5, 5.41) is 3.79. The molecule has 0 bridgehead atoms. The third-order valence-corrected chi connectivity index (χ3v) is 8.52. The van der Waals surface area contributed by atoms with E-state index >= 15 is 0 Å². The first-order valence-corrected chi connectivity index (χ1v) is 13.7. The van der Waals surface area contributed by atoms with Crippen molar-refractivity contribution in [1.29, 1.82) is 0 Å². The molecule has 0 radical (unpaired) electrons. The minimum absolute atomic E-state index is 0.0235. The Bertz CT molecular complexity index is 1410. The zero-order valence-electron chi connectivity index (χ0n) is 21.8. The lowest BCUT2D eigenvalue weighted by Crippen LogP contribution is -2.50. The molecule has 1 atom stereocenters. The Balaban J connectivity index is 1.21. The molecule has 0 aromatic heterocycles. The summed E-state index contributed by atoms with van der Waals surface area (Å²) >= 11 is 0. The van der Waals surface area contributed by atoms with E-state index in [2.05, 4.69) is 87.9 Å². The lowest BCUT2D eigenvalue weighted by atomic mass is 9.99. The molecule has 3 aromatic carbocycles. The maximum Gasteiger partial charge on any atom is 0.280 e. The van der Waals surface area contributed by atoms with Crippen molar-refractivity contribution < 1.29 is 4.79 Å². The maximum atomic E-state index is 13.8.